The van der Waals surface area contributed by atoms with Crippen LogP contribution in [-0.4, -0.2) is 39.8 Å². The van der Waals surface area contributed by atoms with Gasteiger partial charge in [-0.2, -0.15) is 0 Å². The lowest BCUT2D eigenvalue weighted by Gasteiger charge is -2.18. The second-order valence-corrected chi connectivity index (χ2v) is 6.97. The Hall–Kier alpha value is -0.820. The Balaban J connectivity index is 2.40. The summed E-state index contributed by atoms with van der Waals surface area (Å²) in [6, 6.07) is 0.00203. The fraction of sp³-hybridized carbons (Fsp3) is 0.917. The van der Waals surface area contributed by atoms with E-state index in [0.29, 0.717) is 12.5 Å². The summed E-state index contributed by atoms with van der Waals surface area (Å²) in [7, 11) is -3.14. The molecule has 2 unspecified atom stereocenters. The number of hydrogen-bond donors (Lipinski definition) is 3. The Morgan fingerprint density at radius 3 is 2.79 bits per heavy atom. The van der Waals surface area contributed by atoms with Gasteiger partial charge in [0.1, 0.15) is 0 Å². The second kappa shape index (κ2) is 7.69. The van der Waals surface area contributed by atoms with Gasteiger partial charge in [-0.25, -0.2) is 13.1 Å². The van der Waals surface area contributed by atoms with Gasteiger partial charge in [-0.1, -0.05) is 19.8 Å². The van der Waals surface area contributed by atoms with Crippen LogP contribution < -0.4 is 15.8 Å². The van der Waals surface area contributed by atoms with Crippen LogP contribution in [0.3, 0.4) is 0 Å². The minimum Gasteiger partial charge on any atom is -0.370 e. The van der Waals surface area contributed by atoms with Crippen LogP contribution in [0.1, 0.15) is 39.0 Å². The molecule has 1 rings (SSSR count). The van der Waals surface area contributed by atoms with Crippen molar-refractivity contribution < 1.29 is 8.42 Å². The van der Waals surface area contributed by atoms with Crippen LogP contribution in [0, 0.1) is 5.92 Å². The normalized spacial score (nSPS) is 24.6. The van der Waals surface area contributed by atoms with Gasteiger partial charge in [0.05, 0.1) is 6.26 Å². The van der Waals surface area contributed by atoms with Crippen LogP contribution >= 0.6 is 0 Å². The van der Waals surface area contributed by atoms with E-state index in [1.165, 1.54) is 6.26 Å². The minimum absolute atomic E-state index is 0.00203. The molecule has 0 radical (unpaired) electrons. The van der Waals surface area contributed by atoms with E-state index in [0.717, 1.165) is 38.6 Å². The third-order valence-electron chi connectivity index (χ3n) is 3.36. The third-order valence-corrected chi connectivity index (χ3v) is 4.09. The first-order chi connectivity index (χ1) is 8.92. The SMILES string of the molecule is CCCCNC(N)=NCC1CCCC1NS(C)(=O)=O. The van der Waals surface area contributed by atoms with Gasteiger partial charge in [0.2, 0.25) is 10.0 Å². The van der Waals surface area contributed by atoms with Gasteiger partial charge in [0.15, 0.2) is 5.96 Å². The average molecular weight is 290 g/mol. The zero-order chi connectivity index (χ0) is 14.3. The van der Waals surface area contributed by atoms with E-state index in [1.54, 1.807) is 0 Å². The molecular formula is C12H26N4O2S. The van der Waals surface area contributed by atoms with Gasteiger partial charge in [-0.3, -0.25) is 4.99 Å². The van der Waals surface area contributed by atoms with E-state index in [4.69, 9.17) is 5.73 Å². The Morgan fingerprint density at radius 1 is 1.42 bits per heavy atom. The monoisotopic (exact) mass is 290 g/mol. The van der Waals surface area contributed by atoms with Gasteiger partial charge in [0.25, 0.3) is 0 Å². The molecule has 0 aromatic heterocycles. The van der Waals surface area contributed by atoms with Crippen molar-refractivity contribution in [3.05, 3.63) is 0 Å². The summed E-state index contributed by atoms with van der Waals surface area (Å²) in [6.07, 6.45) is 6.30. The molecule has 6 nitrogen and oxygen atoms in total. The first-order valence-electron chi connectivity index (χ1n) is 6.93. The van der Waals surface area contributed by atoms with Gasteiger partial charge in [-0.05, 0) is 25.2 Å². The Morgan fingerprint density at radius 2 is 2.16 bits per heavy atom. The summed E-state index contributed by atoms with van der Waals surface area (Å²) >= 11 is 0. The van der Waals surface area contributed by atoms with Crippen molar-refractivity contribution in [1.29, 1.82) is 0 Å². The summed E-state index contributed by atoms with van der Waals surface area (Å²) in [4.78, 5) is 4.31. The van der Waals surface area contributed by atoms with Crippen molar-refractivity contribution in [3.63, 3.8) is 0 Å². The van der Waals surface area contributed by atoms with Gasteiger partial charge < -0.3 is 11.1 Å². The molecule has 19 heavy (non-hydrogen) atoms. The quantitative estimate of drug-likeness (QED) is 0.359. The predicted octanol–water partition coefficient (Wildman–Crippen LogP) is 0.409. The fourth-order valence-corrected chi connectivity index (χ4v) is 3.21. The molecule has 1 saturated carbocycles. The highest BCUT2D eigenvalue weighted by Gasteiger charge is 2.29. The minimum atomic E-state index is -3.14. The molecule has 0 aromatic rings. The summed E-state index contributed by atoms with van der Waals surface area (Å²) in [6.45, 7) is 3.54. The van der Waals surface area contributed by atoms with Crippen LogP contribution in [0.5, 0.6) is 0 Å². The van der Waals surface area contributed by atoms with Crippen molar-refractivity contribution in [1.82, 2.24) is 10.0 Å². The number of aliphatic imine (C=N–C) groups is 1. The summed E-state index contributed by atoms with van der Waals surface area (Å²) in [5.74, 6) is 0.708. The third kappa shape index (κ3) is 6.77. The fourth-order valence-electron chi connectivity index (χ4n) is 2.35. The van der Waals surface area contributed by atoms with Crippen LogP contribution in [0.15, 0.2) is 4.99 Å². The van der Waals surface area contributed by atoms with Gasteiger partial charge >= 0.3 is 0 Å². The van der Waals surface area contributed by atoms with Crippen LogP contribution in [-0.2, 0) is 10.0 Å². The molecule has 0 aromatic carbocycles. The molecule has 112 valence electrons. The lowest BCUT2D eigenvalue weighted by atomic mass is 10.1. The molecule has 0 spiro atoms. The molecule has 0 amide bonds. The van der Waals surface area contributed by atoms with Crippen molar-refractivity contribution in [2.75, 3.05) is 19.3 Å². The molecule has 4 N–H and O–H groups in total. The molecule has 7 heteroatoms. The van der Waals surface area contributed by atoms with Crippen LogP contribution in [0.4, 0.5) is 0 Å². The van der Waals surface area contributed by atoms with Crippen molar-refractivity contribution >= 4 is 16.0 Å². The average Bonchev–Trinajstić information content (AvgIpc) is 2.72. The molecule has 1 fully saturated rings. The highest BCUT2D eigenvalue weighted by Crippen LogP contribution is 2.26. The number of nitrogens with two attached hydrogens (primary N) is 1. The van der Waals surface area contributed by atoms with Crippen molar-refractivity contribution in [3.8, 4) is 0 Å². The zero-order valence-corrected chi connectivity index (χ0v) is 12.7. The molecule has 0 aliphatic heterocycles. The van der Waals surface area contributed by atoms with E-state index in [1.807, 2.05) is 0 Å². The van der Waals surface area contributed by atoms with E-state index in [-0.39, 0.29) is 12.0 Å². The molecule has 1 aliphatic carbocycles. The Bertz CT molecular complexity index is 395. The molecule has 2 atom stereocenters. The number of guanidine groups is 1. The van der Waals surface area contributed by atoms with Crippen LogP contribution in [0.2, 0.25) is 0 Å². The number of nitrogens with one attached hydrogen (secondary N) is 2. The summed E-state index contributed by atoms with van der Waals surface area (Å²) in [5.41, 5.74) is 5.77. The van der Waals surface area contributed by atoms with E-state index in [9.17, 15) is 8.42 Å². The maximum Gasteiger partial charge on any atom is 0.208 e. The second-order valence-electron chi connectivity index (χ2n) is 5.19. The maximum absolute atomic E-state index is 11.3. The number of unbranched alkanes of at least 4 members (excludes halogenated alkanes) is 1. The largest absolute Gasteiger partial charge is 0.370 e. The number of hydrogen-bond acceptors (Lipinski definition) is 3. The number of rotatable bonds is 7. The van der Waals surface area contributed by atoms with Gasteiger partial charge in [0, 0.05) is 19.1 Å². The van der Waals surface area contributed by atoms with E-state index in [2.05, 4.69) is 22.0 Å². The number of sulfonamides is 1. The topological polar surface area (TPSA) is 96.6 Å². The predicted molar refractivity (Wildman–Crippen MR) is 78.5 cm³/mol. The smallest absolute Gasteiger partial charge is 0.208 e. The molecular weight excluding hydrogens is 264 g/mol. The standard InChI is InChI=1S/C12H26N4O2S/c1-3-4-8-14-12(13)15-9-10-6-5-7-11(10)16-19(2,17)18/h10-11,16H,3-9H2,1-2H3,(H3,13,14,15). The molecule has 0 saturated heterocycles. The Labute approximate surface area is 116 Å². The lowest BCUT2D eigenvalue weighted by molar-refractivity contribution is 0.454. The lowest BCUT2D eigenvalue weighted by Crippen LogP contribution is -2.38. The molecule has 0 heterocycles. The summed E-state index contributed by atoms with van der Waals surface area (Å²) < 4.78 is 25.2. The Kier molecular flexibility index (Phi) is 6.57. The van der Waals surface area contributed by atoms with E-state index < -0.39 is 10.0 Å². The summed E-state index contributed by atoms with van der Waals surface area (Å²) in [5, 5.41) is 3.06. The first kappa shape index (κ1) is 16.2. The van der Waals surface area contributed by atoms with Gasteiger partial charge in [-0.15, -0.1) is 0 Å². The number of nitrogens with zero attached hydrogens (tertiary/aromatic N) is 1. The maximum atomic E-state index is 11.3. The van der Waals surface area contributed by atoms with Crippen LogP contribution in [0.25, 0.3) is 0 Å². The first-order valence-corrected chi connectivity index (χ1v) is 8.82. The highest BCUT2D eigenvalue weighted by molar-refractivity contribution is 7.88. The molecule has 0 bridgehead atoms. The van der Waals surface area contributed by atoms with Crippen molar-refractivity contribution in [2.45, 2.75) is 45.1 Å². The highest BCUT2D eigenvalue weighted by atomic mass is 32.2. The van der Waals surface area contributed by atoms with Crippen molar-refractivity contribution in [2.24, 2.45) is 16.6 Å². The molecule has 1 aliphatic rings. The zero-order valence-electron chi connectivity index (χ0n) is 11.9. The van der Waals surface area contributed by atoms with E-state index >= 15 is 0 Å².